The lowest BCUT2D eigenvalue weighted by molar-refractivity contribution is 0.129. The Bertz CT molecular complexity index is 393. The standard InChI is InChI=1S/C14H20BrNOS/c1-10(16-2)13-6-5-12(8-14(13)15)18-9-11-4-3-7-17-11/h5-6,8,10-11,16H,3-4,7,9H2,1-2H3. The second-order valence-corrected chi connectivity index (χ2v) is 6.59. The zero-order valence-electron chi connectivity index (χ0n) is 10.9. The van der Waals surface area contributed by atoms with Gasteiger partial charge in [0.05, 0.1) is 6.10 Å². The van der Waals surface area contributed by atoms with E-state index in [1.54, 1.807) is 0 Å². The molecule has 2 rings (SSSR count). The maximum Gasteiger partial charge on any atom is 0.0669 e. The summed E-state index contributed by atoms with van der Waals surface area (Å²) in [4.78, 5) is 1.31. The lowest BCUT2D eigenvalue weighted by Crippen LogP contribution is -2.12. The number of benzene rings is 1. The van der Waals surface area contributed by atoms with Crippen LogP contribution in [0.2, 0.25) is 0 Å². The van der Waals surface area contributed by atoms with E-state index in [1.165, 1.54) is 27.8 Å². The van der Waals surface area contributed by atoms with Gasteiger partial charge < -0.3 is 10.1 Å². The number of thioether (sulfide) groups is 1. The van der Waals surface area contributed by atoms with Crippen LogP contribution < -0.4 is 5.32 Å². The summed E-state index contributed by atoms with van der Waals surface area (Å²) in [5, 5.41) is 3.26. The summed E-state index contributed by atoms with van der Waals surface area (Å²) < 4.78 is 6.82. The van der Waals surface area contributed by atoms with Crippen molar-refractivity contribution in [3.8, 4) is 0 Å². The maximum absolute atomic E-state index is 5.64. The van der Waals surface area contributed by atoms with Crippen molar-refractivity contribution in [2.75, 3.05) is 19.4 Å². The lowest BCUT2D eigenvalue weighted by Gasteiger charge is -2.14. The van der Waals surface area contributed by atoms with Crippen molar-refractivity contribution in [1.82, 2.24) is 5.32 Å². The Morgan fingerprint density at radius 1 is 1.56 bits per heavy atom. The summed E-state index contributed by atoms with van der Waals surface area (Å²) in [5.74, 6) is 1.06. The van der Waals surface area contributed by atoms with Crippen LogP contribution in [-0.2, 0) is 4.74 Å². The molecule has 0 radical (unpaired) electrons. The van der Waals surface area contributed by atoms with Crippen molar-refractivity contribution < 1.29 is 4.74 Å². The molecule has 1 N–H and O–H groups in total. The molecule has 1 aromatic carbocycles. The van der Waals surface area contributed by atoms with Crippen LogP contribution in [0, 0.1) is 0 Å². The fourth-order valence-corrected chi connectivity index (χ4v) is 3.95. The van der Waals surface area contributed by atoms with Gasteiger partial charge in [-0.15, -0.1) is 11.8 Å². The van der Waals surface area contributed by atoms with Gasteiger partial charge in [-0.3, -0.25) is 0 Å². The molecule has 1 aliphatic heterocycles. The summed E-state index contributed by atoms with van der Waals surface area (Å²) in [7, 11) is 1.98. The molecule has 1 aromatic rings. The second kappa shape index (κ2) is 6.94. The Hall–Kier alpha value is -0.0300. The quantitative estimate of drug-likeness (QED) is 0.825. The van der Waals surface area contributed by atoms with E-state index in [2.05, 4.69) is 46.4 Å². The van der Waals surface area contributed by atoms with Crippen molar-refractivity contribution >= 4 is 27.7 Å². The topological polar surface area (TPSA) is 21.3 Å². The molecule has 0 spiro atoms. The molecule has 1 fully saturated rings. The number of ether oxygens (including phenoxy) is 1. The number of hydrogen-bond acceptors (Lipinski definition) is 3. The monoisotopic (exact) mass is 329 g/mol. The summed E-state index contributed by atoms with van der Waals surface area (Å²) in [6.45, 7) is 3.10. The van der Waals surface area contributed by atoms with Gasteiger partial charge in [-0.25, -0.2) is 0 Å². The van der Waals surface area contributed by atoms with Crippen LogP contribution in [0.25, 0.3) is 0 Å². The normalized spacial score (nSPS) is 21.2. The van der Waals surface area contributed by atoms with Crippen LogP contribution in [0.15, 0.2) is 27.6 Å². The highest BCUT2D eigenvalue weighted by Gasteiger charge is 2.16. The maximum atomic E-state index is 5.64. The smallest absolute Gasteiger partial charge is 0.0669 e. The zero-order valence-corrected chi connectivity index (χ0v) is 13.3. The van der Waals surface area contributed by atoms with E-state index in [-0.39, 0.29) is 0 Å². The van der Waals surface area contributed by atoms with E-state index in [4.69, 9.17) is 4.74 Å². The minimum atomic E-state index is 0.372. The molecule has 1 saturated heterocycles. The number of halogens is 1. The first-order valence-electron chi connectivity index (χ1n) is 6.42. The van der Waals surface area contributed by atoms with Crippen LogP contribution in [0.4, 0.5) is 0 Å². The van der Waals surface area contributed by atoms with Gasteiger partial charge in [0.2, 0.25) is 0 Å². The van der Waals surface area contributed by atoms with E-state index in [0.717, 1.165) is 12.4 Å². The van der Waals surface area contributed by atoms with Crippen molar-refractivity contribution in [2.24, 2.45) is 0 Å². The first-order valence-corrected chi connectivity index (χ1v) is 8.19. The van der Waals surface area contributed by atoms with Gasteiger partial charge in [-0.1, -0.05) is 22.0 Å². The fourth-order valence-electron chi connectivity index (χ4n) is 2.07. The zero-order chi connectivity index (χ0) is 13.0. The Morgan fingerprint density at radius 2 is 2.39 bits per heavy atom. The van der Waals surface area contributed by atoms with E-state index in [9.17, 15) is 0 Å². The first kappa shape index (κ1) is 14.4. The van der Waals surface area contributed by atoms with Gasteiger partial charge in [-0.05, 0) is 44.5 Å². The Labute approximate surface area is 122 Å². The van der Waals surface area contributed by atoms with Crippen molar-refractivity contribution in [2.45, 2.75) is 36.8 Å². The van der Waals surface area contributed by atoms with Gasteiger partial charge in [0.1, 0.15) is 0 Å². The van der Waals surface area contributed by atoms with Crippen LogP contribution >= 0.6 is 27.7 Å². The molecular weight excluding hydrogens is 310 g/mol. The molecule has 2 atom stereocenters. The van der Waals surface area contributed by atoms with Crippen molar-refractivity contribution in [3.05, 3.63) is 28.2 Å². The Balaban J connectivity index is 1.95. The van der Waals surface area contributed by atoms with Crippen LogP contribution in [0.5, 0.6) is 0 Å². The molecule has 0 aliphatic carbocycles. The fraction of sp³-hybridized carbons (Fsp3) is 0.571. The summed E-state index contributed by atoms with van der Waals surface area (Å²) in [6, 6.07) is 6.98. The third-order valence-corrected chi connectivity index (χ3v) is 5.14. The molecule has 2 unspecified atom stereocenters. The lowest BCUT2D eigenvalue weighted by atomic mass is 10.1. The molecule has 0 aromatic heterocycles. The molecular formula is C14H20BrNOS. The van der Waals surface area contributed by atoms with Gasteiger partial charge in [0, 0.05) is 27.8 Å². The van der Waals surface area contributed by atoms with Gasteiger partial charge in [0.25, 0.3) is 0 Å². The third-order valence-electron chi connectivity index (χ3n) is 3.33. The van der Waals surface area contributed by atoms with Crippen LogP contribution in [-0.4, -0.2) is 25.5 Å². The highest BCUT2D eigenvalue weighted by atomic mass is 79.9. The Kier molecular flexibility index (Phi) is 5.55. The SMILES string of the molecule is CNC(C)c1ccc(SCC2CCCO2)cc1Br. The molecule has 100 valence electrons. The highest BCUT2D eigenvalue weighted by molar-refractivity contribution is 9.10. The van der Waals surface area contributed by atoms with Gasteiger partial charge in [0.15, 0.2) is 0 Å². The number of rotatable bonds is 5. The van der Waals surface area contributed by atoms with Gasteiger partial charge in [-0.2, -0.15) is 0 Å². The Morgan fingerprint density at radius 3 is 3.00 bits per heavy atom. The van der Waals surface area contributed by atoms with Crippen molar-refractivity contribution in [3.63, 3.8) is 0 Å². The van der Waals surface area contributed by atoms with E-state index in [0.29, 0.717) is 12.1 Å². The van der Waals surface area contributed by atoms with E-state index >= 15 is 0 Å². The van der Waals surface area contributed by atoms with Gasteiger partial charge >= 0.3 is 0 Å². The molecule has 18 heavy (non-hydrogen) atoms. The number of nitrogens with one attached hydrogen (secondary N) is 1. The first-order chi connectivity index (χ1) is 8.70. The molecule has 1 heterocycles. The second-order valence-electron chi connectivity index (χ2n) is 4.64. The molecule has 0 amide bonds. The predicted octanol–water partition coefficient (Wildman–Crippen LogP) is 4.00. The average Bonchev–Trinajstić information content (AvgIpc) is 2.88. The van der Waals surface area contributed by atoms with Crippen molar-refractivity contribution in [1.29, 1.82) is 0 Å². The highest BCUT2D eigenvalue weighted by Crippen LogP contribution is 2.30. The summed E-state index contributed by atoms with van der Waals surface area (Å²) in [5.41, 5.74) is 1.30. The third kappa shape index (κ3) is 3.73. The minimum absolute atomic E-state index is 0.372. The largest absolute Gasteiger partial charge is 0.377 e. The average molecular weight is 330 g/mol. The molecule has 4 heteroatoms. The molecule has 2 nitrogen and oxygen atoms in total. The molecule has 0 bridgehead atoms. The number of hydrogen-bond donors (Lipinski definition) is 1. The summed E-state index contributed by atoms with van der Waals surface area (Å²) in [6.07, 6.45) is 2.88. The summed E-state index contributed by atoms with van der Waals surface area (Å²) >= 11 is 5.54. The van der Waals surface area contributed by atoms with Crippen LogP contribution in [0.1, 0.15) is 31.4 Å². The van der Waals surface area contributed by atoms with Crippen LogP contribution in [0.3, 0.4) is 0 Å². The van der Waals surface area contributed by atoms with E-state index < -0.39 is 0 Å². The molecule has 0 saturated carbocycles. The minimum Gasteiger partial charge on any atom is -0.377 e. The predicted molar refractivity (Wildman–Crippen MR) is 81.3 cm³/mol. The molecule has 1 aliphatic rings. The van der Waals surface area contributed by atoms with E-state index in [1.807, 2.05) is 18.8 Å².